The van der Waals surface area contributed by atoms with E-state index in [-0.39, 0.29) is 17.9 Å². The Morgan fingerprint density at radius 1 is 1.12 bits per heavy atom. The molecule has 3 rings (SSSR count). The van der Waals surface area contributed by atoms with Crippen molar-refractivity contribution in [3.63, 3.8) is 0 Å². The van der Waals surface area contributed by atoms with E-state index in [2.05, 4.69) is 20.8 Å². The molecule has 9 heteroatoms. The van der Waals surface area contributed by atoms with Gasteiger partial charge in [-0.05, 0) is 40.3 Å². The number of nitrogens with one attached hydrogen (secondary N) is 1. The lowest BCUT2D eigenvalue weighted by atomic mass is 10.2. The summed E-state index contributed by atoms with van der Waals surface area (Å²) in [6.45, 7) is -0.234. The fourth-order valence-corrected chi connectivity index (χ4v) is 2.18. The van der Waals surface area contributed by atoms with E-state index in [1.807, 2.05) is 0 Å². The second-order valence-electron chi connectivity index (χ2n) is 5.25. The second-order valence-corrected chi connectivity index (χ2v) is 5.25. The molecule has 1 heterocycles. The van der Waals surface area contributed by atoms with E-state index in [1.165, 1.54) is 23.1 Å². The van der Waals surface area contributed by atoms with Crippen LogP contribution in [0, 0.1) is 5.82 Å². The predicted octanol–water partition coefficient (Wildman–Crippen LogP) is 1.27. The Balaban J connectivity index is 1.56. The number of nitrogens with zero attached hydrogens (tertiary/aromatic N) is 4. The molecule has 1 aromatic heterocycles. The highest BCUT2D eigenvalue weighted by atomic mass is 19.1. The van der Waals surface area contributed by atoms with Gasteiger partial charge < -0.3 is 10.1 Å². The van der Waals surface area contributed by atoms with Crippen LogP contribution in [0.4, 0.5) is 4.39 Å². The van der Waals surface area contributed by atoms with Crippen LogP contribution in [-0.4, -0.2) is 38.7 Å². The van der Waals surface area contributed by atoms with Gasteiger partial charge in [-0.15, -0.1) is 5.10 Å². The quantitative estimate of drug-likeness (QED) is 0.669. The molecule has 0 radical (unpaired) electrons. The molecule has 8 nitrogen and oxygen atoms in total. The summed E-state index contributed by atoms with van der Waals surface area (Å²) in [6, 6.07) is 12.3. The Labute approximate surface area is 147 Å². The topological polar surface area (TPSA) is 99.0 Å². The third-order valence-corrected chi connectivity index (χ3v) is 3.46. The van der Waals surface area contributed by atoms with Crippen LogP contribution in [-0.2, 0) is 16.1 Å². The minimum atomic E-state index is -0.673. The zero-order chi connectivity index (χ0) is 18.4. The van der Waals surface area contributed by atoms with Gasteiger partial charge in [0.25, 0.3) is 5.91 Å². The monoisotopic (exact) mass is 355 g/mol. The number of carbonyl (C=O) groups excluding carboxylic acids is 2. The average molecular weight is 355 g/mol. The maximum absolute atomic E-state index is 12.8. The summed E-state index contributed by atoms with van der Waals surface area (Å²) in [5.74, 6) is -1.49. The van der Waals surface area contributed by atoms with Gasteiger partial charge in [0.05, 0.1) is 11.3 Å². The zero-order valence-corrected chi connectivity index (χ0v) is 13.5. The molecular formula is C17H14FN5O3. The summed E-state index contributed by atoms with van der Waals surface area (Å²) in [5, 5.41) is 13.4. The fraction of sp³-hybridized carbons (Fsp3) is 0.118. The van der Waals surface area contributed by atoms with Crippen LogP contribution in [0.15, 0.2) is 54.9 Å². The zero-order valence-electron chi connectivity index (χ0n) is 13.5. The molecule has 0 saturated heterocycles. The smallest absolute Gasteiger partial charge is 0.340 e. The fourth-order valence-electron chi connectivity index (χ4n) is 2.18. The normalized spacial score (nSPS) is 10.3. The van der Waals surface area contributed by atoms with E-state index >= 15 is 0 Å². The number of ether oxygens (including phenoxy) is 1. The van der Waals surface area contributed by atoms with Crippen molar-refractivity contribution >= 4 is 11.9 Å². The predicted molar refractivity (Wildman–Crippen MR) is 87.7 cm³/mol. The first-order chi connectivity index (χ1) is 12.6. The third kappa shape index (κ3) is 4.26. The minimum Gasteiger partial charge on any atom is -0.452 e. The van der Waals surface area contributed by atoms with Gasteiger partial charge >= 0.3 is 5.97 Å². The van der Waals surface area contributed by atoms with Gasteiger partial charge in [0.2, 0.25) is 0 Å². The molecule has 1 N–H and O–H groups in total. The molecule has 0 unspecified atom stereocenters. The van der Waals surface area contributed by atoms with E-state index in [0.29, 0.717) is 5.69 Å². The van der Waals surface area contributed by atoms with Crippen molar-refractivity contribution in [1.82, 2.24) is 25.5 Å². The van der Waals surface area contributed by atoms with Crippen molar-refractivity contribution in [2.45, 2.75) is 6.54 Å². The number of halogens is 1. The molecule has 1 amide bonds. The summed E-state index contributed by atoms with van der Waals surface area (Å²) in [7, 11) is 0. The number of hydrogen-bond donors (Lipinski definition) is 1. The van der Waals surface area contributed by atoms with E-state index < -0.39 is 18.5 Å². The molecule has 0 aliphatic rings. The molecular weight excluding hydrogens is 341 g/mol. The van der Waals surface area contributed by atoms with Crippen LogP contribution in [0.1, 0.15) is 15.9 Å². The van der Waals surface area contributed by atoms with Crippen LogP contribution in [0.3, 0.4) is 0 Å². The Hall–Kier alpha value is -3.62. The highest BCUT2D eigenvalue weighted by Gasteiger charge is 2.16. The van der Waals surface area contributed by atoms with Gasteiger partial charge in [0.1, 0.15) is 12.1 Å². The molecule has 132 valence electrons. The maximum Gasteiger partial charge on any atom is 0.340 e. The lowest BCUT2D eigenvalue weighted by molar-refractivity contribution is -0.124. The van der Waals surface area contributed by atoms with Crippen LogP contribution >= 0.6 is 0 Å². The summed E-state index contributed by atoms with van der Waals surface area (Å²) in [5.41, 5.74) is 1.40. The lowest BCUT2D eigenvalue weighted by Crippen LogP contribution is -2.28. The molecule has 0 saturated carbocycles. The van der Waals surface area contributed by atoms with Crippen LogP contribution in [0.2, 0.25) is 0 Å². The first-order valence-corrected chi connectivity index (χ1v) is 7.64. The highest BCUT2D eigenvalue weighted by molar-refractivity contribution is 5.94. The molecule has 0 spiro atoms. The van der Waals surface area contributed by atoms with Gasteiger partial charge in [0, 0.05) is 6.54 Å². The van der Waals surface area contributed by atoms with Crippen molar-refractivity contribution in [1.29, 1.82) is 0 Å². The number of para-hydroxylation sites is 1. The van der Waals surface area contributed by atoms with Crippen LogP contribution in [0.25, 0.3) is 5.69 Å². The minimum absolute atomic E-state index is 0.206. The first-order valence-electron chi connectivity index (χ1n) is 7.64. The third-order valence-electron chi connectivity index (χ3n) is 3.46. The number of carbonyl (C=O) groups is 2. The van der Waals surface area contributed by atoms with Crippen molar-refractivity contribution in [2.24, 2.45) is 0 Å². The Bertz CT molecular complexity index is 897. The lowest BCUT2D eigenvalue weighted by Gasteiger charge is -2.09. The van der Waals surface area contributed by atoms with Crippen LogP contribution in [0.5, 0.6) is 0 Å². The standard InChI is InChI=1S/C17H14FN5O3/c18-13-7-5-12(6-8-13)9-19-16(24)10-26-17(25)14-3-1-2-4-15(14)23-11-20-21-22-23/h1-8,11H,9-10H2,(H,19,24). The number of rotatable bonds is 6. The number of amides is 1. The molecule has 0 fully saturated rings. The second kappa shape index (κ2) is 7.97. The Kier molecular flexibility index (Phi) is 5.28. The molecule has 0 atom stereocenters. The Morgan fingerprint density at radius 2 is 1.88 bits per heavy atom. The average Bonchev–Trinajstić information content (AvgIpc) is 3.20. The summed E-state index contributed by atoms with van der Waals surface area (Å²) >= 11 is 0. The van der Waals surface area contributed by atoms with Gasteiger partial charge in [-0.3, -0.25) is 4.79 Å². The van der Waals surface area contributed by atoms with Crippen molar-refractivity contribution < 1.29 is 18.7 Å². The van der Waals surface area contributed by atoms with Gasteiger partial charge in [-0.1, -0.05) is 24.3 Å². The largest absolute Gasteiger partial charge is 0.452 e. The van der Waals surface area contributed by atoms with Crippen molar-refractivity contribution in [3.05, 3.63) is 71.8 Å². The summed E-state index contributed by atoms with van der Waals surface area (Å²) in [6.07, 6.45) is 1.35. The van der Waals surface area contributed by atoms with Gasteiger partial charge in [-0.25, -0.2) is 9.18 Å². The number of hydrogen-bond acceptors (Lipinski definition) is 6. The SMILES string of the molecule is O=C(COC(=O)c1ccccc1-n1cnnn1)NCc1ccc(F)cc1. The van der Waals surface area contributed by atoms with E-state index in [1.54, 1.807) is 36.4 Å². The molecule has 2 aromatic carbocycles. The van der Waals surface area contributed by atoms with Crippen LogP contribution < -0.4 is 5.32 Å². The maximum atomic E-state index is 12.8. The molecule has 0 bridgehead atoms. The summed E-state index contributed by atoms with van der Waals surface area (Å²) in [4.78, 5) is 24.1. The first kappa shape index (κ1) is 17.2. The number of esters is 1. The number of benzene rings is 2. The molecule has 0 aliphatic carbocycles. The molecule has 26 heavy (non-hydrogen) atoms. The molecule has 0 aliphatic heterocycles. The van der Waals surface area contributed by atoms with Gasteiger partial charge in [-0.2, -0.15) is 4.68 Å². The van der Waals surface area contributed by atoms with Crippen molar-refractivity contribution in [3.8, 4) is 5.69 Å². The van der Waals surface area contributed by atoms with Gasteiger partial charge in [0.15, 0.2) is 6.61 Å². The number of tetrazole rings is 1. The van der Waals surface area contributed by atoms with E-state index in [4.69, 9.17) is 4.74 Å². The summed E-state index contributed by atoms with van der Waals surface area (Å²) < 4.78 is 19.2. The molecule has 3 aromatic rings. The van der Waals surface area contributed by atoms with E-state index in [9.17, 15) is 14.0 Å². The van der Waals surface area contributed by atoms with Crippen molar-refractivity contribution in [2.75, 3.05) is 6.61 Å². The Morgan fingerprint density at radius 3 is 2.62 bits per heavy atom. The number of aromatic nitrogens is 4. The van der Waals surface area contributed by atoms with E-state index in [0.717, 1.165) is 5.56 Å². The highest BCUT2D eigenvalue weighted by Crippen LogP contribution is 2.13.